The normalized spacial score (nSPS) is 26.0. The smallest absolute Gasteiger partial charge is 0.407 e. The summed E-state index contributed by atoms with van der Waals surface area (Å²) in [5.74, 6) is 1.35. The molecule has 2 fully saturated rings. The second kappa shape index (κ2) is 6.49. The van der Waals surface area contributed by atoms with E-state index in [1.54, 1.807) is 0 Å². The van der Waals surface area contributed by atoms with E-state index in [4.69, 9.17) is 0 Å². The quantitative estimate of drug-likeness (QED) is 0.772. The first-order valence-corrected chi connectivity index (χ1v) is 8.66. The number of likely N-dealkylation sites (tertiary alicyclic amines) is 1. The Hall–Kier alpha value is -1.99. The van der Waals surface area contributed by atoms with Gasteiger partial charge in [0.1, 0.15) is 11.9 Å². The van der Waals surface area contributed by atoms with Crippen LogP contribution in [0.2, 0.25) is 6.82 Å². The van der Waals surface area contributed by atoms with Crippen molar-refractivity contribution in [2.24, 2.45) is 11.8 Å². The number of rotatable bonds is 5. The number of piperidine rings is 1. The highest BCUT2D eigenvalue weighted by atomic mass is 16.5. The van der Waals surface area contributed by atoms with Crippen molar-refractivity contribution in [2.45, 2.75) is 51.6 Å². The van der Waals surface area contributed by atoms with Gasteiger partial charge in [-0.2, -0.15) is 0 Å². The lowest BCUT2D eigenvalue weighted by molar-refractivity contribution is -0.136. The third-order valence-corrected chi connectivity index (χ3v) is 5.09. The third kappa shape index (κ3) is 3.01. The molecule has 4 atom stereocenters. The number of aromatic nitrogens is 2. The van der Waals surface area contributed by atoms with Crippen LogP contribution in [0.15, 0.2) is 6.20 Å². The highest BCUT2D eigenvalue weighted by Gasteiger charge is 2.56. The molecule has 130 valence electrons. The van der Waals surface area contributed by atoms with Gasteiger partial charge >= 0.3 is 6.09 Å². The van der Waals surface area contributed by atoms with Crippen molar-refractivity contribution in [1.29, 1.82) is 0 Å². The van der Waals surface area contributed by atoms with E-state index in [2.05, 4.69) is 26.8 Å². The minimum atomic E-state index is -0.583. The zero-order valence-electron chi connectivity index (χ0n) is 14.7. The molecule has 2 aliphatic rings. The van der Waals surface area contributed by atoms with Gasteiger partial charge < -0.3 is 19.9 Å². The van der Waals surface area contributed by atoms with Gasteiger partial charge in [0.25, 0.3) is 0 Å². The molecule has 2 N–H and O–H groups in total. The van der Waals surface area contributed by atoms with Crippen molar-refractivity contribution < 1.29 is 14.3 Å². The third-order valence-electron chi connectivity index (χ3n) is 5.09. The number of ether oxygens (including phenoxy) is 1. The van der Waals surface area contributed by atoms with Gasteiger partial charge in [0.15, 0.2) is 7.28 Å². The largest absolute Gasteiger partial charge is 0.453 e. The van der Waals surface area contributed by atoms with Gasteiger partial charge in [-0.3, -0.25) is 4.79 Å². The first-order chi connectivity index (χ1) is 11.5. The van der Waals surface area contributed by atoms with Gasteiger partial charge in [-0.15, -0.1) is 0 Å². The zero-order valence-corrected chi connectivity index (χ0v) is 14.7. The lowest BCUT2D eigenvalue weighted by atomic mass is 9.79. The van der Waals surface area contributed by atoms with Crippen molar-refractivity contribution >= 4 is 24.9 Å². The summed E-state index contributed by atoms with van der Waals surface area (Å²) in [6.45, 7) is 5.92. The van der Waals surface area contributed by atoms with Crippen LogP contribution in [0.25, 0.3) is 0 Å². The van der Waals surface area contributed by atoms with E-state index >= 15 is 0 Å². The molecular weight excluding hydrogens is 307 g/mol. The van der Waals surface area contributed by atoms with Crippen molar-refractivity contribution in [2.75, 3.05) is 7.11 Å². The van der Waals surface area contributed by atoms with E-state index < -0.39 is 12.1 Å². The van der Waals surface area contributed by atoms with Gasteiger partial charge in [-0.25, -0.2) is 9.78 Å². The fourth-order valence-corrected chi connectivity index (χ4v) is 3.60. The number of hydrogen-bond acceptors (Lipinski definition) is 4. The van der Waals surface area contributed by atoms with Crippen LogP contribution in [0.3, 0.4) is 0 Å². The highest BCUT2D eigenvalue weighted by molar-refractivity contribution is 6.50. The van der Waals surface area contributed by atoms with Crippen molar-refractivity contribution in [3.63, 3.8) is 0 Å². The van der Waals surface area contributed by atoms with E-state index in [1.807, 2.05) is 24.9 Å². The second-order valence-corrected chi connectivity index (χ2v) is 7.06. The number of amides is 2. The molecule has 1 saturated carbocycles. The molecule has 2 amide bonds. The molecule has 0 aromatic carbocycles. The van der Waals surface area contributed by atoms with Crippen LogP contribution in [0.1, 0.15) is 38.6 Å². The Kier molecular flexibility index (Phi) is 4.56. The summed E-state index contributed by atoms with van der Waals surface area (Å²) in [5, 5.41) is 2.69. The molecule has 0 radical (unpaired) electrons. The molecule has 2 heterocycles. The van der Waals surface area contributed by atoms with E-state index in [1.165, 1.54) is 7.11 Å². The SMILES string of the molecule is CBc1cnc([C@@H]2CC3CC3N2C(=O)[C@@H](NC(=O)OC)C(C)C)[nH]1. The first kappa shape index (κ1) is 16.9. The van der Waals surface area contributed by atoms with Gasteiger partial charge in [-0.05, 0) is 30.3 Å². The predicted octanol–water partition coefficient (Wildman–Crippen LogP) is 0.562. The van der Waals surface area contributed by atoms with Gasteiger partial charge in [-0.1, -0.05) is 20.7 Å². The van der Waals surface area contributed by atoms with Crippen LogP contribution >= 0.6 is 0 Å². The molecule has 1 aliphatic heterocycles. The molecule has 8 heteroatoms. The van der Waals surface area contributed by atoms with Crippen LogP contribution in [0, 0.1) is 11.8 Å². The molecule has 7 nitrogen and oxygen atoms in total. The summed E-state index contributed by atoms with van der Waals surface area (Å²) in [4.78, 5) is 34.5. The molecule has 1 aromatic heterocycles. The minimum absolute atomic E-state index is 0.0159. The van der Waals surface area contributed by atoms with Gasteiger partial charge in [0.2, 0.25) is 5.91 Å². The fourth-order valence-electron chi connectivity index (χ4n) is 3.60. The number of nitrogens with zero attached hydrogens (tertiary/aromatic N) is 2. The van der Waals surface area contributed by atoms with Crippen LogP contribution in [0.5, 0.6) is 0 Å². The fraction of sp³-hybridized carbons (Fsp3) is 0.688. The molecule has 0 bridgehead atoms. The molecule has 1 aromatic rings. The molecule has 1 aliphatic carbocycles. The Balaban J connectivity index is 1.81. The Morgan fingerprint density at radius 1 is 1.46 bits per heavy atom. The number of fused-ring (bicyclic) bond motifs is 1. The topological polar surface area (TPSA) is 87.3 Å². The van der Waals surface area contributed by atoms with E-state index in [-0.39, 0.29) is 23.9 Å². The molecule has 0 spiro atoms. The number of carbonyl (C=O) groups is 2. The maximum absolute atomic E-state index is 13.1. The minimum Gasteiger partial charge on any atom is -0.453 e. The summed E-state index contributed by atoms with van der Waals surface area (Å²) in [7, 11) is 2.20. The number of imidazole rings is 1. The van der Waals surface area contributed by atoms with Gasteiger partial charge in [0, 0.05) is 12.2 Å². The molecule has 2 unspecified atom stereocenters. The van der Waals surface area contributed by atoms with Crippen molar-refractivity contribution in [1.82, 2.24) is 20.2 Å². The van der Waals surface area contributed by atoms with Crippen molar-refractivity contribution in [3.8, 4) is 0 Å². The van der Waals surface area contributed by atoms with Gasteiger partial charge in [0.05, 0.1) is 13.2 Å². The average molecular weight is 332 g/mol. The van der Waals surface area contributed by atoms with Crippen LogP contribution < -0.4 is 10.9 Å². The Morgan fingerprint density at radius 3 is 2.79 bits per heavy atom. The Labute approximate surface area is 142 Å². The molecular formula is C16H25BN4O3. The molecule has 3 rings (SSSR count). The monoisotopic (exact) mass is 332 g/mol. The van der Waals surface area contributed by atoms with Crippen LogP contribution in [-0.4, -0.2) is 53.3 Å². The number of methoxy groups -OCH3 is 1. The van der Waals surface area contributed by atoms with Crippen molar-refractivity contribution in [3.05, 3.63) is 12.0 Å². The summed E-state index contributed by atoms with van der Waals surface area (Å²) in [6, 6.07) is -0.333. The summed E-state index contributed by atoms with van der Waals surface area (Å²) in [5.41, 5.74) is 1.08. The Morgan fingerprint density at radius 2 is 2.21 bits per heavy atom. The summed E-state index contributed by atoms with van der Waals surface area (Å²) < 4.78 is 4.67. The maximum Gasteiger partial charge on any atom is 0.407 e. The number of H-pyrrole nitrogens is 1. The van der Waals surface area contributed by atoms with E-state index in [9.17, 15) is 9.59 Å². The zero-order chi connectivity index (χ0) is 17.4. The highest BCUT2D eigenvalue weighted by Crippen LogP contribution is 2.53. The summed E-state index contributed by atoms with van der Waals surface area (Å²) in [6.07, 6.45) is 3.26. The number of nitrogens with one attached hydrogen (secondary N) is 2. The standard InChI is InChI=1S/C16H25BN4O3/c1-8(2)13(20-16(23)24-4)15(22)21-10-5-9(10)6-11(21)14-18-7-12(17-3)19-14/h7-11,13,17H,5-6H2,1-4H3,(H,18,19)(H,20,23)/t9?,10?,11-,13-/m0/s1. The lowest BCUT2D eigenvalue weighted by Gasteiger charge is -2.31. The number of carbonyl (C=O) groups excluding carboxylic acids is 2. The molecule has 24 heavy (non-hydrogen) atoms. The van der Waals surface area contributed by atoms with E-state index in [0.717, 1.165) is 31.5 Å². The predicted molar refractivity (Wildman–Crippen MR) is 91.5 cm³/mol. The van der Waals surface area contributed by atoms with Crippen LogP contribution in [0.4, 0.5) is 4.79 Å². The number of alkyl carbamates (subject to hydrolysis) is 1. The number of aromatic amines is 1. The number of hydrogen-bond donors (Lipinski definition) is 2. The van der Waals surface area contributed by atoms with E-state index in [0.29, 0.717) is 5.92 Å². The summed E-state index contributed by atoms with van der Waals surface area (Å²) >= 11 is 0. The maximum atomic E-state index is 13.1. The second-order valence-electron chi connectivity index (χ2n) is 7.06. The average Bonchev–Trinajstić information content (AvgIpc) is 3.01. The Bertz CT molecular complexity index is 633. The first-order valence-electron chi connectivity index (χ1n) is 8.66. The van der Waals surface area contributed by atoms with Crippen LogP contribution in [-0.2, 0) is 9.53 Å². The lowest BCUT2D eigenvalue weighted by Crippen LogP contribution is -2.52. The molecule has 1 saturated heterocycles.